The number of hydrogen-bond donors (Lipinski definition) is 0. The van der Waals surface area contributed by atoms with E-state index in [1.54, 1.807) is 12.5 Å². The summed E-state index contributed by atoms with van der Waals surface area (Å²) in [6.45, 7) is 1.75. The fourth-order valence-electron chi connectivity index (χ4n) is 3.19. The predicted octanol–water partition coefficient (Wildman–Crippen LogP) is 2.50. The average Bonchev–Trinajstić information content (AvgIpc) is 3.06. The van der Waals surface area contributed by atoms with Crippen LogP contribution in [0.25, 0.3) is 11.0 Å². The molecule has 0 spiro atoms. The number of imidazole rings is 1. The zero-order chi connectivity index (χ0) is 17.1. The highest BCUT2D eigenvalue weighted by molar-refractivity contribution is 5.80. The molecule has 0 N–H and O–H groups in total. The van der Waals surface area contributed by atoms with Crippen molar-refractivity contribution in [3.8, 4) is 5.88 Å². The van der Waals surface area contributed by atoms with Gasteiger partial charge < -0.3 is 14.2 Å². The Morgan fingerprint density at radius 1 is 1.08 bits per heavy atom. The molecule has 1 saturated heterocycles. The summed E-state index contributed by atoms with van der Waals surface area (Å²) < 4.78 is 7.79. The highest BCUT2D eigenvalue weighted by atomic mass is 16.5. The molecule has 3 heterocycles. The number of para-hydroxylation sites is 2. The van der Waals surface area contributed by atoms with Crippen molar-refractivity contribution in [2.75, 3.05) is 13.1 Å². The summed E-state index contributed by atoms with van der Waals surface area (Å²) in [5.41, 5.74) is 1.90. The van der Waals surface area contributed by atoms with Gasteiger partial charge in [0.25, 0.3) is 0 Å². The number of aromatic nitrogens is 3. The first-order valence-corrected chi connectivity index (χ1v) is 8.55. The van der Waals surface area contributed by atoms with Gasteiger partial charge in [-0.05, 0) is 18.2 Å². The van der Waals surface area contributed by atoms with Crippen molar-refractivity contribution >= 4 is 16.9 Å². The molecule has 6 nitrogen and oxygen atoms in total. The lowest BCUT2D eigenvalue weighted by atomic mass is 10.1. The molecule has 1 amide bonds. The zero-order valence-electron chi connectivity index (χ0n) is 13.9. The number of nitrogens with zero attached hydrogens (tertiary/aromatic N) is 4. The van der Waals surface area contributed by atoms with Crippen LogP contribution in [0.1, 0.15) is 12.8 Å². The van der Waals surface area contributed by atoms with Crippen molar-refractivity contribution in [2.45, 2.75) is 25.5 Å². The summed E-state index contributed by atoms with van der Waals surface area (Å²) in [5.74, 6) is 0.775. The molecule has 4 rings (SSSR count). The van der Waals surface area contributed by atoms with Crippen LogP contribution < -0.4 is 4.74 Å². The first-order valence-electron chi connectivity index (χ1n) is 8.55. The molecule has 6 heteroatoms. The van der Waals surface area contributed by atoms with E-state index in [0.29, 0.717) is 25.5 Å². The van der Waals surface area contributed by atoms with Crippen LogP contribution >= 0.6 is 0 Å². The third kappa shape index (κ3) is 3.47. The molecule has 1 aliphatic heterocycles. The lowest BCUT2D eigenvalue weighted by molar-refractivity contribution is -0.133. The number of rotatable bonds is 4. The number of likely N-dealkylation sites (tertiary alicyclic amines) is 1. The van der Waals surface area contributed by atoms with Gasteiger partial charge in [0, 0.05) is 38.2 Å². The smallest absolute Gasteiger partial charge is 0.242 e. The van der Waals surface area contributed by atoms with Gasteiger partial charge >= 0.3 is 0 Å². The highest BCUT2D eigenvalue weighted by Crippen LogP contribution is 2.18. The SMILES string of the molecule is O=C(Cn1cnc2ccccc21)N1CCC(Oc2ccccn2)CC1. The normalized spacial score (nSPS) is 15.4. The quantitative estimate of drug-likeness (QED) is 0.734. The molecule has 1 aliphatic rings. The van der Waals surface area contributed by atoms with Crippen LogP contribution in [-0.2, 0) is 11.3 Å². The topological polar surface area (TPSA) is 60.2 Å². The first kappa shape index (κ1) is 15.6. The van der Waals surface area contributed by atoms with Crippen molar-refractivity contribution in [3.63, 3.8) is 0 Å². The number of carbonyl (C=O) groups excluding carboxylic acids is 1. The van der Waals surface area contributed by atoms with Gasteiger partial charge in [0.05, 0.1) is 17.4 Å². The number of amides is 1. The predicted molar refractivity (Wildman–Crippen MR) is 94.2 cm³/mol. The van der Waals surface area contributed by atoms with Crippen molar-refractivity contribution in [3.05, 3.63) is 55.0 Å². The molecule has 0 saturated carbocycles. The minimum atomic E-state index is 0.119. The Bertz CT molecular complexity index is 854. The Hall–Kier alpha value is -2.89. The van der Waals surface area contributed by atoms with Crippen molar-refractivity contribution in [2.24, 2.45) is 0 Å². The number of fused-ring (bicyclic) bond motifs is 1. The molecule has 0 aliphatic carbocycles. The Labute approximate surface area is 146 Å². The largest absolute Gasteiger partial charge is 0.474 e. The van der Waals surface area contributed by atoms with Gasteiger partial charge in [-0.25, -0.2) is 9.97 Å². The maximum absolute atomic E-state index is 12.6. The van der Waals surface area contributed by atoms with E-state index in [9.17, 15) is 4.79 Å². The van der Waals surface area contributed by atoms with Crippen LogP contribution in [0.3, 0.4) is 0 Å². The summed E-state index contributed by atoms with van der Waals surface area (Å²) in [6, 6.07) is 13.5. The standard InChI is InChI=1S/C19H20N4O2/c24-19(13-23-14-21-16-5-1-2-6-17(16)23)22-11-8-15(9-12-22)25-18-7-3-4-10-20-18/h1-7,10,14-15H,8-9,11-13H2. The molecule has 2 aromatic heterocycles. The van der Waals surface area contributed by atoms with Gasteiger partial charge in [-0.2, -0.15) is 0 Å². The number of benzene rings is 1. The van der Waals surface area contributed by atoms with Crippen molar-refractivity contribution < 1.29 is 9.53 Å². The fraction of sp³-hybridized carbons (Fsp3) is 0.316. The van der Waals surface area contributed by atoms with Crippen LogP contribution in [0.4, 0.5) is 0 Å². The van der Waals surface area contributed by atoms with Crippen LogP contribution in [0.2, 0.25) is 0 Å². The maximum Gasteiger partial charge on any atom is 0.242 e. The van der Waals surface area contributed by atoms with Gasteiger partial charge in [-0.15, -0.1) is 0 Å². The molecular weight excluding hydrogens is 316 g/mol. The van der Waals surface area contributed by atoms with Crippen LogP contribution in [0, 0.1) is 0 Å². The van der Waals surface area contributed by atoms with E-state index in [2.05, 4.69) is 9.97 Å². The van der Waals surface area contributed by atoms with E-state index in [1.807, 2.05) is 51.9 Å². The molecule has 0 atom stereocenters. The summed E-state index contributed by atoms with van der Waals surface area (Å²) in [4.78, 5) is 23.0. The van der Waals surface area contributed by atoms with Crippen molar-refractivity contribution in [1.29, 1.82) is 0 Å². The molecule has 0 unspecified atom stereocenters. The van der Waals surface area contributed by atoms with Gasteiger partial charge in [0.15, 0.2) is 0 Å². The third-order valence-corrected chi connectivity index (χ3v) is 4.55. The van der Waals surface area contributed by atoms with E-state index < -0.39 is 0 Å². The Balaban J connectivity index is 1.33. The lowest BCUT2D eigenvalue weighted by Crippen LogP contribution is -2.43. The van der Waals surface area contributed by atoms with Gasteiger partial charge in [-0.3, -0.25) is 4.79 Å². The van der Waals surface area contributed by atoms with E-state index in [1.165, 1.54) is 0 Å². The minimum Gasteiger partial charge on any atom is -0.474 e. The molecule has 128 valence electrons. The molecule has 3 aromatic rings. The average molecular weight is 336 g/mol. The minimum absolute atomic E-state index is 0.119. The van der Waals surface area contributed by atoms with Gasteiger partial charge in [0.2, 0.25) is 11.8 Å². The van der Waals surface area contributed by atoms with Crippen LogP contribution in [0.5, 0.6) is 5.88 Å². The number of hydrogen-bond acceptors (Lipinski definition) is 4. The lowest BCUT2D eigenvalue weighted by Gasteiger charge is -2.32. The molecule has 0 bridgehead atoms. The van der Waals surface area contributed by atoms with Crippen LogP contribution in [-0.4, -0.2) is 44.5 Å². The number of piperidine rings is 1. The van der Waals surface area contributed by atoms with E-state index >= 15 is 0 Å². The number of carbonyl (C=O) groups is 1. The third-order valence-electron chi connectivity index (χ3n) is 4.55. The Morgan fingerprint density at radius 2 is 1.88 bits per heavy atom. The van der Waals surface area contributed by atoms with Gasteiger partial charge in [0.1, 0.15) is 12.6 Å². The summed E-state index contributed by atoms with van der Waals surface area (Å²) >= 11 is 0. The van der Waals surface area contributed by atoms with E-state index in [-0.39, 0.29) is 12.0 Å². The summed E-state index contributed by atoms with van der Waals surface area (Å²) in [6.07, 6.45) is 5.23. The molecular formula is C19H20N4O2. The number of ether oxygens (including phenoxy) is 1. The Morgan fingerprint density at radius 3 is 2.68 bits per heavy atom. The van der Waals surface area contributed by atoms with Crippen LogP contribution in [0.15, 0.2) is 55.0 Å². The molecule has 0 radical (unpaired) electrons. The van der Waals surface area contributed by atoms with E-state index in [4.69, 9.17) is 4.74 Å². The maximum atomic E-state index is 12.6. The molecule has 25 heavy (non-hydrogen) atoms. The second kappa shape index (κ2) is 6.93. The molecule has 1 fully saturated rings. The summed E-state index contributed by atoms with van der Waals surface area (Å²) in [5, 5.41) is 0. The van der Waals surface area contributed by atoms with Crippen molar-refractivity contribution in [1.82, 2.24) is 19.4 Å². The summed E-state index contributed by atoms with van der Waals surface area (Å²) in [7, 11) is 0. The molecule has 1 aromatic carbocycles. The second-order valence-electron chi connectivity index (χ2n) is 6.23. The monoisotopic (exact) mass is 336 g/mol. The first-order chi connectivity index (χ1) is 12.3. The number of pyridine rings is 1. The zero-order valence-corrected chi connectivity index (χ0v) is 13.9. The fourth-order valence-corrected chi connectivity index (χ4v) is 3.19. The highest BCUT2D eigenvalue weighted by Gasteiger charge is 2.24. The van der Waals surface area contributed by atoms with E-state index in [0.717, 1.165) is 23.9 Å². The Kier molecular flexibility index (Phi) is 4.33. The van der Waals surface area contributed by atoms with Gasteiger partial charge in [-0.1, -0.05) is 18.2 Å². The second-order valence-corrected chi connectivity index (χ2v) is 6.23.